The quantitative estimate of drug-likeness (QED) is 0.473. The fourth-order valence-corrected chi connectivity index (χ4v) is 3.94. The molecule has 0 saturated carbocycles. The van der Waals surface area contributed by atoms with E-state index in [1.165, 1.54) is 11.5 Å². The molecule has 32 heavy (non-hydrogen) atoms. The minimum absolute atomic E-state index is 0. The average Bonchev–Trinajstić information content (AvgIpc) is 3.28. The topological polar surface area (TPSA) is 105 Å². The zero-order valence-corrected chi connectivity index (χ0v) is 19.9. The summed E-state index contributed by atoms with van der Waals surface area (Å²) in [5.41, 5.74) is 8.70. The van der Waals surface area contributed by atoms with Crippen LogP contribution in [0, 0.1) is 0 Å². The van der Waals surface area contributed by atoms with Gasteiger partial charge in [-0.25, -0.2) is 0 Å². The molecular weight excluding hydrogens is 454 g/mol. The zero-order chi connectivity index (χ0) is 22.4. The Bertz CT molecular complexity index is 1050. The van der Waals surface area contributed by atoms with Crippen LogP contribution in [0.3, 0.4) is 0 Å². The molecule has 0 aliphatic carbocycles. The Labute approximate surface area is 197 Å². The van der Waals surface area contributed by atoms with Gasteiger partial charge in [-0.05, 0) is 41.4 Å². The predicted octanol–water partition coefficient (Wildman–Crippen LogP) is 4.22. The number of methoxy groups -OCH3 is 4. The summed E-state index contributed by atoms with van der Waals surface area (Å²) in [6.45, 7) is 0.271. The van der Waals surface area contributed by atoms with Crippen LogP contribution in [0.25, 0.3) is 21.6 Å². The molecule has 0 bridgehead atoms. The highest BCUT2D eigenvalue weighted by molar-refractivity contribution is 7.10. The van der Waals surface area contributed by atoms with E-state index in [1.54, 1.807) is 34.6 Å². The molecule has 3 aromatic rings. The van der Waals surface area contributed by atoms with Gasteiger partial charge in [0.1, 0.15) is 5.75 Å². The number of amides is 1. The van der Waals surface area contributed by atoms with E-state index >= 15 is 0 Å². The molecular formula is C22H26ClN3O5S. The number of hydrogen-bond acceptors (Lipinski definition) is 8. The molecule has 2 aromatic carbocycles. The van der Waals surface area contributed by atoms with Crippen molar-refractivity contribution in [1.29, 1.82) is 0 Å². The first-order valence-corrected chi connectivity index (χ1v) is 10.3. The Hall–Kier alpha value is -3.01. The highest BCUT2D eigenvalue weighted by Gasteiger charge is 2.19. The number of halogens is 1. The van der Waals surface area contributed by atoms with Gasteiger partial charge in [0.25, 0.3) is 0 Å². The molecule has 0 atom stereocenters. The van der Waals surface area contributed by atoms with Crippen molar-refractivity contribution in [1.82, 2.24) is 4.37 Å². The van der Waals surface area contributed by atoms with Gasteiger partial charge < -0.3 is 30.0 Å². The molecule has 0 fully saturated rings. The largest absolute Gasteiger partial charge is 0.495 e. The highest BCUT2D eigenvalue weighted by Crippen LogP contribution is 2.45. The molecule has 3 N–H and O–H groups in total. The lowest BCUT2D eigenvalue weighted by molar-refractivity contribution is -0.116. The van der Waals surface area contributed by atoms with E-state index in [0.717, 1.165) is 21.6 Å². The molecule has 0 saturated heterocycles. The molecule has 1 heterocycles. The smallest absolute Gasteiger partial charge is 0.225 e. The van der Waals surface area contributed by atoms with E-state index in [2.05, 4.69) is 9.69 Å². The average molecular weight is 480 g/mol. The number of anilines is 1. The Morgan fingerprint density at radius 2 is 1.62 bits per heavy atom. The molecule has 0 radical (unpaired) electrons. The molecule has 0 unspecified atom stereocenters. The normalized spacial score (nSPS) is 10.2. The van der Waals surface area contributed by atoms with Gasteiger partial charge in [-0.15, -0.1) is 12.4 Å². The Morgan fingerprint density at radius 1 is 0.969 bits per heavy atom. The van der Waals surface area contributed by atoms with E-state index in [0.29, 0.717) is 28.7 Å². The van der Waals surface area contributed by atoms with Crippen LogP contribution in [0.15, 0.2) is 36.5 Å². The first kappa shape index (κ1) is 25.3. The molecule has 1 aromatic heterocycles. The third kappa shape index (κ3) is 5.24. The van der Waals surface area contributed by atoms with E-state index < -0.39 is 0 Å². The van der Waals surface area contributed by atoms with E-state index in [4.69, 9.17) is 24.7 Å². The van der Waals surface area contributed by atoms with Gasteiger partial charge in [0.2, 0.25) is 11.7 Å². The molecule has 0 spiro atoms. The fourth-order valence-electron chi connectivity index (χ4n) is 3.18. The summed E-state index contributed by atoms with van der Waals surface area (Å²) < 4.78 is 26.2. The maximum absolute atomic E-state index is 12.1. The van der Waals surface area contributed by atoms with Gasteiger partial charge in [0.15, 0.2) is 11.5 Å². The van der Waals surface area contributed by atoms with E-state index in [9.17, 15) is 4.79 Å². The number of nitrogens with two attached hydrogens (primary N) is 1. The molecule has 172 valence electrons. The standard InChI is InChI=1S/C22H25N3O5S.ClH/c1-27-17-6-5-13(9-16(17)25-20(26)7-8-23)15-12-24-31-22(15)14-10-18(28-2)21(30-4)19(11-14)29-3;/h5-6,9-12H,7-8,23H2,1-4H3,(H,25,26);1H. The lowest BCUT2D eigenvalue weighted by Crippen LogP contribution is -2.16. The number of benzene rings is 2. The summed E-state index contributed by atoms with van der Waals surface area (Å²) in [7, 11) is 6.28. The van der Waals surface area contributed by atoms with Crippen molar-refractivity contribution in [3.63, 3.8) is 0 Å². The van der Waals surface area contributed by atoms with Gasteiger partial charge in [-0.1, -0.05) is 6.07 Å². The van der Waals surface area contributed by atoms with Crippen molar-refractivity contribution in [2.75, 3.05) is 40.3 Å². The summed E-state index contributed by atoms with van der Waals surface area (Å²) >= 11 is 1.35. The first-order valence-electron chi connectivity index (χ1n) is 9.49. The van der Waals surface area contributed by atoms with Gasteiger partial charge >= 0.3 is 0 Å². The maximum atomic E-state index is 12.1. The van der Waals surface area contributed by atoms with Gasteiger partial charge in [0, 0.05) is 30.3 Å². The van der Waals surface area contributed by atoms with Crippen LogP contribution in [0.4, 0.5) is 5.69 Å². The second-order valence-electron chi connectivity index (χ2n) is 6.48. The Morgan fingerprint density at radius 3 is 2.19 bits per heavy atom. The van der Waals surface area contributed by atoms with Gasteiger partial charge in [-0.2, -0.15) is 4.37 Å². The summed E-state index contributed by atoms with van der Waals surface area (Å²) in [6.07, 6.45) is 2.01. The van der Waals surface area contributed by atoms with Crippen LogP contribution in [0.1, 0.15) is 6.42 Å². The van der Waals surface area contributed by atoms with Gasteiger partial charge in [0.05, 0.1) is 39.0 Å². The van der Waals surface area contributed by atoms with Crippen molar-refractivity contribution in [2.24, 2.45) is 5.73 Å². The number of ether oxygens (including phenoxy) is 4. The van der Waals surface area contributed by atoms with Gasteiger partial charge in [-0.3, -0.25) is 4.79 Å². The van der Waals surface area contributed by atoms with Crippen LogP contribution in [0.2, 0.25) is 0 Å². The summed E-state index contributed by atoms with van der Waals surface area (Å²) in [6, 6.07) is 9.35. The summed E-state index contributed by atoms with van der Waals surface area (Å²) in [5.74, 6) is 2.02. The second kappa shape index (κ2) is 11.6. The van der Waals surface area contributed by atoms with Crippen LogP contribution in [-0.2, 0) is 4.79 Å². The predicted molar refractivity (Wildman–Crippen MR) is 129 cm³/mol. The second-order valence-corrected chi connectivity index (χ2v) is 7.29. The minimum Gasteiger partial charge on any atom is -0.495 e. The Balaban J connectivity index is 0.00000363. The van der Waals surface area contributed by atoms with Crippen molar-refractivity contribution in [3.8, 4) is 44.6 Å². The molecule has 8 nitrogen and oxygen atoms in total. The number of nitrogens with zero attached hydrogens (tertiary/aromatic N) is 1. The van der Waals surface area contributed by atoms with Crippen molar-refractivity contribution >= 4 is 35.5 Å². The molecule has 1 amide bonds. The number of aromatic nitrogens is 1. The summed E-state index contributed by atoms with van der Waals surface area (Å²) in [4.78, 5) is 13.0. The third-order valence-electron chi connectivity index (χ3n) is 4.65. The molecule has 3 rings (SSSR count). The van der Waals surface area contributed by atoms with Crippen molar-refractivity contribution in [3.05, 3.63) is 36.5 Å². The zero-order valence-electron chi connectivity index (χ0n) is 18.3. The first-order chi connectivity index (χ1) is 15.1. The Kier molecular flexibility index (Phi) is 9.13. The lowest BCUT2D eigenvalue weighted by atomic mass is 10.0. The van der Waals surface area contributed by atoms with Crippen LogP contribution in [-0.4, -0.2) is 45.3 Å². The number of hydrogen-bond donors (Lipinski definition) is 2. The fraction of sp³-hybridized carbons (Fsp3) is 0.273. The van der Waals surface area contributed by atoms with Crippen LogP contribution >= 0.6 is 23.9 Å². The monoisotopic (exact) mass is 479 g/mol. The molecule has 0 aliphatic heterocycles. The van der Waals surface area contributed by atoms with E-state index in [-0.39, 0.29) is 31.3 Å². The minimum atomic E-state index is -0.175. The van der Waals surface area contributed by atoms with Crippen molar-refractivity contribution < 1.29 is 23.7 Å². The van der Waals surface area contributed by atoms with Crippen LogP contribution in [0.5, 0.6) is 23.0 Å². The van der Waals surface area contributed by atoms with Crippen molar-refractivity contribution in [2.45, 2.75) is 6.42 Å². The highest BCUT2D eigenvalue weighted by atomic mass is 35.5. The van der Waals surface area contributed by atoms with Crippen LogP contribution < -0.4 is 30.0 Å². The number of carbonyl (C=O) groups excluding carboxylic acids is 1. The van der Waals surface area contributed by atoms with E-state index in [1.807, 2.05) is 30.3 Å². The SMILES string of the molecule is COc1ccc(-c2cnsc2-c2cc(OC)c(OC)c(OC)c2)cc1NC(=O)CCN.Cl. The number of carbonyl (C=O) groups is 1. The molecule has 10 heteroatoms. The third-order valence-corrected chi connectivity index (χ3v) is 5.50. The lowest BCUT2D eigenvalue weighted by Gasteiger charge is -2.15. The molecule has 0 aliphatic rings. The maximum Gasteiger partial charge on any atom is 0.225 e. The summed E-state index contributed by atoms with van der Waals surface area (Å²) in [5, 5.41) is 2.86. The number of rotatable bonds is 9. The number of nitrogens with one attached hydrogen (secondary N) is 1.